The van der Waals surface area contributed by atoms with Gasteiger partial charge in [-0.2, -0.15) is 0 Å². The lowest BCUT2D eigenvalue weighted by atomic mass is 9.98. The Morgan fingerprint density at radius 2 is 1.48 bits per heavy atom. The predicted octanol–water partition coefficient (Wildman–Crippen LogP) is 3.04. The van der Waals surface area contributed by atoms with Crippen LogP contribution in [0, 0.1) is 11.7 Å². The van der Waals surface area contributed by atoms with Crippen molar-refractivity contribution in [2.45, 2.75) is 13.0 Å². The summed E-state index contributed by atoms with van der Waals surface area (Å²) in [4.78, 5) is 20.0. The minimum atomic E-state index is -0.205. The highest BCUT2D eigenvalue weighted by Gasteiger charge is 2.28. The van der Waals surface area contributed by atoms with Crippen LogP contribution in [0.2, 0.25) is 0 Å². The number of rotatable bonds is 8. The number of Topliss-reactive ketones (excluding diaryl/α,β-unsaturated/α-hetero) is 1. The van der Waals surface area contributed by atoms with Gasteiger partial charge in [0, 0.05) is 69.9 Å². The Bertz CT molecular complexity index is 892. The Labute approximate surface area is 195 Å². The zero-order valence-electron chi connectivity index (χ0n) is 19.3. The Balaban J connectivity index is 1.31. The van der Waals surface area contributed by atoms with Crippen molar-refractivity contribution >= 4 is 5.78 Å². The summed E-state index contributed by atoms with van der Waals surface area (Å²) in [6.07, 6.45) is 0. The standard InChI is InChI=1S/C26H34FN3O3/c1-20(26(32)22-4-8-24(31)9-5-22)18-28-10-12-29(13-11-28)19-25(30-14-16-33-17-15-30)21-2-6-23(27)7-3-21/h2-9,20,25,31H,10-19H2,1H3. The van der Waals surface area contributed by atoms with Crippen LogP contribution in [0.25, 0.3) is 0 Å². The van der Waals surface area contributed by atoms with Crippen molar-refractivity contribution < 1.29 is 19.0 Å². The molecule has 1 N–H and O–H groups in total. The predicted molar refractivity (Wildman–Crippen MR) is 126 cm³/mol. The van der Waals surface area contributed by atoms with E-state index in [1.54, 1.807) is 36.4 Å². The summed E-state index contributed by atoms with van der Waals surface area (Å²) in [5, 5.41) is 9.44. The smallest absolute Gasteiger partial charge is 0.166 e. The molecule has 2 atom stereocenters. The molecular formula is C26H34FN3O3. The van der Waals surface area contributed by atoms with Crippen molar-refractivity contribution in [2.24, 2.45) is 5.92 Å². The van der Waals surface area contributed by atoms with E-state index in [-0.39, 0.29) is 29.3 Å². The third-order valence-electron chi connectivity index (χ3n) is 6.77. The van der Waals surface area contributed by atoms with Gasteiger partial charge < -0.3 is 14.7 Å². The molecule has 2 saturated heterocycles. The second-order valence-electron chi connectivity index (χ2n) is 9.13. The number of morpholine rings is 1. The SMILES string of the molecule is CC(CN1CCN(CC(c2ccc(F)cc2)N2CCOCC2)CC1)C(=O)c1ccc(O)cc1. The number of benzene rings is 2. The quantitative estimate of drug-likeness (QED) is 0.618. The van der Waals surface area contributed by atoms with E-state index in [4.69, 9.17) is 4.74 Å². The van der Waals surface area contributed by atoms with E-state index in [1.807, 2.05) is 19.1 Å². The van der Waals surface area contributed by atoms with Gasteiger partial charge in [-0.1, -0.05) is 19.1 Å². The lowest BCUT2D eigenvalue weighted by molar-refractivity contribution is 0.00272. The molecule has 4 rings (SSSR count). The summed E-state index contributed by atoms with van der Waals surface area (Å²) < 4.78 is 19.0. The molecule has 0 spiro atoms. The van der Waals surface area contributed by atoms with Gasteiger partial charge >= 0.3 is 0 Å². The number of piperazine rings is 1. The number of halogens is 1. The van der Waals surface area contributed by atoms with E-state index in [0.717, 1.165) is 71.1 Å². The zero-order chi connectivity index (χ0) is 23.2. The average Bonchev–Trinajstić information content (AvgIpc) is 2.85. The number of ether oxygens (including phenoxy) is 1. The molecule has 178 valence electrons. The first-order chi connectivity index (χ1) is 16.0. The van der Waals surface area contributed by atoms with E-state index in [1.165, 1.54) is 0 Å². The van der Waals surface area contributed by atoms with Gasteiger partial charge in [0.1, 0.15) is 11.6 Å². The number of carbonyl (C=O) groups is 1. The van der Waals surface area contributed by atoms with E-state index >= 15 is 0 Å². The van der Waals surface area contributed by atoms with Gasteiger partial charge in [0.05, 0.1) is 13.2 Å². The monoisotopic (exact) mass is 455 g/mol. The fraction of sp³-hybridized carbons (Fsp3) is 0.500. The molecule has 2 heterocycles. The molecule has 0 amide bonds. The van der Waals surface area contributed by atoms with E-state index in [2.05, 4.69) is 14.7 Å². The molecule has 2 aromatic rings. The molecule has 2 aliphatic rings. The summed E-state index contributed by atoms with van der Waals surface area (Å²) in [6.45, 7) is 10.6. The average molecular weight is 456 g/mol. The third-order valence-corrected chi connectivity index (χ3v) is 6.77. The van der Waals surface area contributed by atoms with Crippen LogP contribution in [-0.4, -0.2) is 91.2 Å². The second kappa shape index (κ2) is 11.2. The van der Waals surface area contributed by atoms with Gasteiger partial charge in [-0.3, -0.25) is 14.6 Å². The molecule has 2 aliphatic heterocycles. The molecule has 0 aliphatic carbocycles. The summed E-state index contributed by atoms with van der Waals surface area (Å²) in [7, 11) is 0. The Hall–Kier alpha value is -2.32. The van der Waals surface area contributed by atoms with E-state index in [9.17, 15) is 14.3 Å². The molecule has 33 heavy (non-hydrogen) atoms. The van der Waals surface area contributed by atoms with Crippen LogP contribution in [0.3, 0.4) is 0 Å². The topological polar surface area (TPSA) is 56.2 Å². The van der Waals surface area contributed by atoms with Crippen LogP contribution in [-0.2, 0) is 4.74 Å². The number of hydrogen-bond acceptors (Lipinski definition) is 6. The van der Waals surface area contributed by atoms with Gasteiger partial charge in [0.25, 0.3) is 0 Å². The number of hydrogen-bond donors (Lipinski definition) is 1. The fourth-order valence-electron chi connectivity index (χ4n) is 4.79. The van der Waals surface area contributed by atoms with Crippen LogP contribution in [0.1, 0.15) is 28.9 Å². The summed E-state index contributed by atoms with van der Waals surface area (Å²) in [5.74, 6) is -0.0158. The number of phenolic OH excluding ortho intramolecular Hbond substituents is 1. The molecule has 0 aromatic heterocycles. The maximum absolute atomic E-state index is 13.5. The van der Waals surface area contributed by atoms with Gasteiger partial charge in [0.2, 0.25) is 0 Å². The van der Waals surface area contributed by atoms with Gasteiger partial charge in [-0.25, -0.2) is 4.39 Å². The summed E-state index contributed by atoms with van der Waals surface area (Å²) >= 11 is 0. The third kappa shape index (κ3) is 6.38. The normalized spacial score (nSPS) is 20.4. The lowest BCUT2D eigenvalue weighted by Crippen LogP contribution is -2.51. The molecule has 2 fully saturated rings. The number of aromatic hydroxyl groups is 1. The summed E-state index contributed by atoms with van der Waals surface area (Å²) in [6, 6.07) is 13.6. The lowest BCUT2D eigenvalue weighted by Gasteiger charge is -2.41. The van der Waals surface area contributed by atoms with Crippen molar-refractivity contribution in [1.82, 2.24) is 14.7 Å². The van der Waals surface area contributed by atoms with Crippen LogP contribution in [0.5, 0.6) is 5.75 Å². The van der Waals surface area contributed by atoms with Crippen LogP contribution in [0.4, 0.5) is 4.39 Å². The largest absolute Gasteiger partial charge is 0.508 e. The zero-order valence-corrected chi connectivity index (χ0v) is 19.3. The maximum Gasteiger partial charge on any atom is 0.166 e. The number of phenols is 1. The van der Waals surface area contributed by atoms with Crippen molar-refractivity contribution in [1.29, 1.82) is 0 Å². The van der Waals surface area contributed by atoms with Crippen molar-refractivity contribution in [3.05, 3.63) is 65.5 Å². The molecule has 0 radical (unpaired) electrons. The number of nitrogens with zero attached hydrogens (tertiary/aromatic N) is 3. The van der Waals surface area contributed by atoms with E-state index in [0.29, 0.717) is 5.56 Å². The van der Waals surface area contributed by atoms with E-state index < -0.39 is 0 Å². The second-order valence-corrected chi connectivity index (χ2v) is 9.13. The van der Waals surface area contributed by atoms with Gasteiger partial charge in [-0.15, -0.1) is 0 Å². The Kier molecular flexibility index (Phi) is 8.09. The van der Waals surface area contributed by atoms with Crippen molar-refractivity contribution in [3.63, 3.8) is 0 Å². The highest BCUT2D eigenvalue weighted by atomic mass is 19.1. The first kappa shape index (κ1) is 23.8. The van der Waals surface area contributed by atoms with Crippen molar-refractivity contribution in [2.75, 3.05) is 65.6 Å². The Morgan fingerprint density at radius 3 is 2.09 bits per heavy atom. The highest BCUT2D eigenvalue weighted by Crippen LogP contribution is 2.24. The van der Waals surface area contributed by atoms with Crippen molar-refractivity contribution in [3.8, 4) is 5.75 Å². The van der Waals surface area contributed by atoms with Gasteiger partial charge in [-0.05, 0) is 42.0 Å². The number of carbonyl (C=O) groups excluding carboxylic acids is 1. The summed E-state index contributed by atoms with van der Waals surface area (Å²) in [5.41, 5.74) is 1.79. The molecule has 0 saturated carbocycles. The van der Waals surface area contributed by atoms with Crippen LogP contribution < -0.4 is 0 Å². The Morgan fingerprint density at radius 1 is 0.909 bits per heavy atom. The molecule has 2 unspecified atom stereocenters. The molecule has 6 nitrogen and oxygen atoms in total. The first-order valence-corrected chi connectivity index (χ1v) is 11.8. The van der Waals surface area contributed by atoms with Gasteiger partial charge in [0.15, 0.2) is 5.78 Å². The minimum absolute atomic E-state index is 0.0959. The number of ketones is 1. The highest BCUT2D eigenvalue weighted by molar-refractivity contribution is 5.97. The maximum atomic E-state index is 13.5. The fourth-order valence-corrected chi connectivity index (χ4v) is 4.79. The molecular weight excluding hydrogens is 421 g/mol. The minimum Gasteiger partial charge on any atom is -0.508 e. The molecule has 0 bridgehead atoms. The molecule has 2 aromatic carbocycles. The first-order valence-electron chi connectivity index (χ1n) is 11.8. The van der Waals surface area contributed by atoms with Crippen LogP contribution >= 0.6 is 0 Å². The van der Waals surface area contributed by atoms with Crippen LogP contribution in [0.15, 0.2) is 48.5 Å². The molecule has 7 heteroatoms.